The van der Waals surface area contributed by atoms with Gasteiger partial charge in [0.05, 0.1) is 0 Å². The number of aromatic nitrogens is 2. The summed E-state index contributed by atoms with van der Waals surface area (Å²) < 4.78 is 4.70. The second-order valence-corrected chi connectivity index (χ2v) is 4.41. The van der Waals surface area contributed by atoms with Crippen LogP contribution in [0.25, 0.3) is 0 Å². The maximum atomic E-state index is 5.53. The van der Waals surface area contributed by atoms with Crippen molar-refractivity contribution in [3.63, 3.8) is 0 Å². The van der Waals surface area contributed by atoms with E-state index in [9.17, 15) is 0 Å². The lowest BCUT2D eigenvalue weighted by molar-refractivity contribution is 0.297. The van der Waals surface area contributed by atoms with Crippen LogP contribution in [0.4, 0.5) is 0 Å². The topological polar surface area (TPSA) is 64.9 Å². The summed E-state index contributed by atoms with van der Waals surface area (Å²) in [6, 6.07) is 0. The Morgan fingerprint density at radius 2 is 2.15 bits per heavy atom. The van der Waals surface area contributed by atoms with Crippen molar-refractivity contribution in [3.8, 4) is 0 Å². The molecule has 1 saturated heterocycles. The van der Waals surface area contributed by atoms with Gasteiger partial charge in [-0.05, 0) is 24.3 Å². The molecule has 5 heteroatoms. The van der Waals surface area contributed by atoms with Crippen molar-refractivity contribution in [1.82, 2.24) is 10.3 Å². The van der Waals surface area contributed by atoms with Crippen molar-refractivity contribution >= 4 is 11.8 Å². The molecule has 1 aliphatic heterocycles. The summed E-state index contributed by atoms with van der Waals surface area (Å²) in [5.74, 6) is 2.94. The van der Waals surface area contributed by atoms with Crippen LogP contribution in [0, 0.1) is 0 Å². The maximum Gasteiger partial charge on any atom is 0.122 e. The molecule has 0 amide bonds. The number of nitrogens with zero attached hydrogens (tertiary/aromatic N) is 2. The molecule has 0 atom stereocenters. The predicted octanol–water partition coefficient (Wildman–Crippen LogP) is 1.14. The minimum Gasteiger partial charge on any atom is -0.325 e. The van der Waals surface area contributed by atoms with Crippen LogP contribution in [0.15, 0.2) is 4.63 Å². The summed E-state index contributed by atoms with van der Waals surface area (Å²) >= 11 is 2.00. The van der Waals surface area contributed by atoms with Crippen molar-refractivity contribution in [1.29, 1.82) is 0 Å². The Hall–Kier alpha value is -0.550. The van der Waals surface area contributed by atoms with E-state index >= 15 is 0 Å². The lowest BCUT2D eigenvalue weighted by Gasteiger charge is -2.18. The first-order chi connectivity index (χ1) is 6.42. The number of nitrogens with two attached hydrogens (primary N) is 1. The third-order valence-corrected chi connectivity index (χ3v) is 3.44. The monoisotopic (exact) mass is 199 g/mol. The van der Waals surface area contributed by atoms with Crippen molar-refractivity contribution in [2.75, 3.05) is 11.5 Å². The average Bonchev–Trinajstić information content (AvgIpc) is 2.67. The number of rotatable bonds is 2. The normalized spacial score (nSPS) is 19.2. The first-order valence-corrected chi connectivity index (χ1v) is 5.66. The number of hydrogen-bond acceptors (Lipinski definition) is 5. The van der Waals surface area contributed by atoms with Crippen LogP contribution in [0.3, 0.4) is 0 Å². The molecule has 2 N–H and O–H groups in total. The van der Waals surface area contributed by atoms with E-state index in [1.54, 1.807) is 0 Å². The van der Waals surface area contributed by atoms with Gasteiger partial charge in [0.1, 0.15) is 11.4 Å². The molecule has 1 aliphatic rings. The molecule has 1 fully saturated rings. The highest BCUT2D eigenvalue weighted by Gasteiger charge is 2.22. The second kappa shape index (κ2) is 4.11. The lowest BCUT2D eigenvalue weighted by Crippen LogP contribution is -2.11. The summed E-state index contributed by atoms with van der Waals surface area (Å²) in [6.45, 7) is 0.433. The van der Waals surface area contributed by atoms with Crippen LogP contribution in [0.1, 0.15) is 30.1 Å². The minimum absolute atomic E-state index is 0.433. The molecule has 13 heavy (non-hydrogen) atoms. The van der Waals surface area contributed by atoms with Crippen LogP contribution in [0.5, 0.6) is 0 Å². The van der Waals surface area contributed by atoms with Crippen molar-refractivity contribution in [2.45, 2.75) is 25.3 Å². The Morgan fingerprint density at radius 1 is 1.38 bits per heavy atom. The third kappa shape index (κ3) is 1.86. The molecule has 2 rings (SSSR count). The van der Waals surface area contributed by atoms with E-state index < -0.39 is 0 Å². The van der Waals surface area contributed by atoms with Gasteiger partial charge < -0.3 is 5.73 Å². The summed E-state index contributed by atoms with van der Waals surface area (Å²) in [5.41, 5.74) is 7.35. The van der Waals surface area contributed by atoms with Gasteiger partial charge in [-0.3, -0.25) is 0 Å². The zero-order valence-electron chi connectivity index (χ0n) is 7.40. The minimum atomic E-state index is 0.433. The quantitative estimate of drug-likeness (QED) is 0.773. The van der Waals surface area contributed by atoms with Crippen LogP contribution >= 0.6 is 11.8 Å². The standard InChI is InChI=1S/C8H13N3OS/c9-5-7-8(11-12-10-7)6-1-3-13-4-2-6/h6H,1-5,9H2. The largest absolute Gasteiger partial charge is 0.325 e. The van der Waals surface area contributed by atoms with Crippen molar-refractivity contribution in [3.05, 3.63) is 11.4 Å². The first-order valence-electron chi connectivity index (χ1n) is 4.51. The second-order valence-electron chi connectivity index (χ2n) is 3.19. The molecular weight excluding hydrogens is 186 g/mol. The maximum absolute atomic E-state index is 5.53. The van der Waals surface area contributed by atoms with Crippen molar-refractivity contribution in [2.24, 2.45) is 5.73 Å². The van der Waals surface area contributed by atoms with Gasteiger partial charge in [0.2, 0.25) is 0 Å². The summed E-state index contributed by atoms with van der Waals surface area (Å²) in [7, 11) is 0. The van der Waals surface area contributed by atoms with E-state index in [4.69, 9.17) is 10.4 Å². The molecule has 0 saturated carbocycles. The van der Waals surface area contributed by atoms with Gasteiger partial charge in [-0.25, -0.2) is 4.63 Å². The van der Waals surface area contributed by atoms with Gasteiger partial charge in [-0.15, -0.1) is 0 Å². The Balaban J connectivity index is 2.13. The number of thioether (sulfide) groups is 1. The Bertz CT molecular complexity index is 270. The molecule has 0 bridgehead atoms. The van der Waals surface area contributed by atoms with Gasteiger partial charge in [-0.1, -0.05) is 10.3 Å². The fourth-order valence-electron chi connectivity index (χ4n) is 1.64. The van der Waals surface area contributed by atoms with E-state index in [1.807, 2.05) is 11.8 Å². The smallest absolute Gasteiger partial charge is 0.122 e. The SMILES string of the molecule is NCc1nonc1C1CCSCC1. The molecule has 72 valence electrons. The summed E-state index contributed by atoms with van der Waals surface area (Å²) in [5, 5.41) is 7.73. The number of hydrogen-bond donors (Lipinski definition) is 1. The molecule has 0 aromatic carbocycles. The fraction of sp³-hybridized carbons (Fsp3) is 0.750. The van der Waals surface area contributed by atoms with Gasteiger partial charge in [0.15, 0.2) is 0 Å². The van der Waals surface area contributed by atoms with E-state index in [-0.39, 0.29) is 0 Å². The van der Waals surface area contributed by atoms with Crippen LogP contribution in [0.2, 0.25) is 0 Å². The van der Waals surface area contributed by atoms with Crippen LogP contribution in [-0.4, -0.2) is 21.8 Å². The molecule has 0 aliphatic carbocycles. The molecule has 0 radical (unpaired) electrons. The Labute approximate surface area is 81.2 Å². The molecule has 1 aromatic rings. The van der Waals surface area contributed by atoms with Crippen LogP contribution < -0.4 is 5.73 Å². The first kappa shape index (κ1) is 9.02. The lowest BCUT2D eigenvalue weighted by atomic mass is 9.97. The highest BCUT2D eigenvalue weighted by atomic mass is 32.2. The molecule has 0 spiro atoms. The zero-order chi connectivity index (χ0) is 9.10. The molecule has 1 aromatic heterocycles. The summed E-state index contributed by atoms with van der Waals surface area (Å²) in [4.78, 5) is 0. The third-order valence-electron chi connectivity index (χ3n) is 2.39. The Kier molecular flexibility index (Phi) is 2.85. The van der Waals surface area contributed by atoms with Crippen molar-refractivity contribution < 1.29 is 4.63 Å². The van der Waals surface area contributed by atoms with Gasteiger partial charge in [-0.2, -0.15) is 11.8 Å². The highest BCUT2D eigenvalue weighted by molar-refractivity contribution is 7.99. The zero-order valence-corrected chi connectivity index (χ0v) is 8.22. The molecular formula is C8H13N3OS. The van der Waals surface area contributed by atoms with Gasteiger partial charge >= 0.3 is 0 Å². The molecule has 0 unspecified atom stereocenters. The van der Waals surface area contributed by atoms with E-state index in [0.717, 1.165) is 11.4 Å². The highest BCUT2D eigenvalue weighted by Crippen LogP contribution is 2.31. The molecule has 2 heterocycles. The van der Waals surface area contributed by atoms with E-state index in [1.165, 1.54) is 24.3 Å². The fourth-order valence-corrected chi connectivity index (χ4v) is 2.74. The summed E-state index contributed by atoms with van der Waals surface area (Å²) in [6.07, 6.45) is 2.34. The van der Waals surface area contributed by atoms with Crippen LogP contribution in [-0.2, 0) is 6.54 Å². The predicted molar refractivity (Wildman–Crippen MR) is 51.5 cm³/mol. The van der Waals surface area contributed by atoms with Gasteiger partial charge in [0.25, 0.3) is 0 Å². The Morgan fingerprint density at radius 3 is 2.85 bits per heavy atom. The average molecular weight is 199 g/mol. The van der Waals surface area contributed by atoms with E-state index in [2.05, 4.69) is 10.3 Å². The van der Waals surface area contributed by atoms with E-state index in [0.29, 0.717) is 12.5 Å². The van der Waals surface area contributed by atoms with Gasteiger partial charge in [0, 0.05) is 12.5 Å². The molecule has 4 nitrogen and oxygen atoms in total.